The lowest BCUT2D eigenvalue weighted by Crippen LogP contribution is -2.09. The molecule has 0 saturated heterocycles. The Morgan fingerprint density at radius 1 is 1.12 bits per heavy atom. The van der Waals surface area contributed by atoms with Crippen molar-refractivity contribution in [2.24, 2.45) is 0 Å². The predicted octanol–water partition coefficient (Wildman–Crippen LogP) is 2.41. The molecule has 0 spiro atoms. The van der Waals surface area contributed by atoms with Crippen LogP contribution in [0.3, 0.4) is 0 Å². The van der Waals surface area contributed by atoms with Gasteiger partial charge in [0.25, 0.3) is 0 Å². The van der Waals surface area contributed by atoms with E-state index in [0.717, 1.165) is 0 Å². The van der Waals surface area contributed by atoms with Crippen LogP contribution in [-0.2, 0) is 9.47 Å². The fourth-order valence-corrected chi connectivity index (χ4v) is 1.31. The van der Waals surface area contributed by atoms with Crippen molar-refractivity contribution in [2.75, 3.05) is 7.11 Å². The van der Waals surface area contributed by atoms with Crippen molar-refractivity contribution in [3.8, 4) is 0 Å². The molecule has 0 amide bonds. The summed E-state index contributed by atoms with van der Waals surface area (Å²) in [5.74, 6) is -0.833. The van der Waals surface area contributed by atoms with Gasteiger partial charge in [-0.25, -0.2) is 9.59 Å². The first-order valence-corrected chi connectivity index (χ1v) is 5.82. The highest BCUT2D eigenvalue weighted by atomic mass is 127. The van der Waals surface area contributed by atoms with Gasteiger partial charge in [0.15, 0.2) is 0 Å². The molecule has 0 aliphatic heterocycles. The Bertz CT molecular complexity index is 383. The molecule has 1 aromatic carbocycles. The lowest BCUT2D eigenvalue weighted by Gasteiger charge is -2.06. The van der Waals surface area contributed by atoms with Crippen molar-refractivity contribution < 1.29 is 19.1 Å². The van der Waals surface area contributed by atoms with Crippen molar-refractivity contribution >= 4 is 34.5 Å². The van der Waals surface area contributed by atoms with Crippen LogP contribution >= 0.6 is 22.6 Å². The predicted molar refractivity (Wildman–Crippen MR) is 66.7 cm³/mol. The fraction of sp³-hybridized carbons (Fsp3) is 0.273. The number of hydrogen-bond donors (Lipinski definition) is 0. The number of esters is 2. The van der Waals surface area contributed by atoms with E-state index in [0.29, 0.717) is 11.1 Å². The van der Waals surface area contributed by atoms with E-state index in [1.807, 2.05) is 22.6 Å². The maximum atomic E-state index is 11.5. The lowest BCUT2D eigenvalue weighted by molar-refractivity contribution is 0.0500. The van der Waals surface area contributed by atoms with Gasteiger partial charge in [0.2, 0.25) is 0 Å². The summed E-state index contributed by atoms with van der Waals surface area (Å²) in [7, 11) is 1.31. The number of benzene rings is 1. The van der Waals surface area contributed by atoms with Gasteiger partial charge in [0.05, 0.1) is 18.2 Å². The summed E-state index contributed by atoms with van der Waals surface area (Å²) in [5.41, 5.74) is 0.817. The molecular formula is C11H11IO4. The number of alkyl halides is 1. The smallest absolute Gasteiger partial charge is 0.339 e. The fourth-order valence-electron chi connectivity index (χ4n) is 1.08. The molecule has 5 heteroatoms. The molecule has 0 N–H and O–H groups in total. The van der Waals surface area contributed by atoms with Crippen LogP contribution < -0.4 is 0 Å². The number of carbonyl (C=O) groups excluding carboxylic acids is 2. The average molecular weight is 334 g/mol. The van der Waals surface area contributed by atoms with Gasteiger partial charge in [-0.3, -0.25) is 0 Å². The average Bonchev–Trinajstić information content (AvgIpc) is 2.27. The summed E-state index contributed by atoms with van der Waals surface area (Å²) >= 11 is 1.99. The van der Waals surface area contributed by atoms with E-state index in [4.69, 9.17) is 4.74 Å². The third-order valence-electron chi connectivity index (χ3n) is 1.81. The number of rotatable bonds is 3. The van der Waals surface area contributed by atoms with Gasteiger partial charge in [-0.15, -0.1) is 0 Å². The Hall–Kier alpha value is -1.11. The first kappa shape index (κ1) is 13.0. The molecule has 1 aromatic rings. The van der Waals surface area contributed by atoms with Crippen LogP contribution in [0.2, 0.25) is 0 Å². The molecule has 0 bridgehead atoms. The largest absolute Gasteiger partial charge is 0.465 e. The van der Waals surface area contributed by atoms with Gasteiger partial charge in [0, 0.05) is 0 Å². The summed E-state index contributed by atoms with van der Waals surface area (Å²) in [4.78, 5) is 22.6. The molecule has 0 aliphatic carbocycles. The van der Waals surface area contributed by atoms with Gasteiger partial charge in [-0.2, -0.15) is 0 Å². The number of halogens is 1. The third kappa shape index (κ3) is 3.48. The van der Waals surface area contributed by atoms with Crippen molar-refractivity contribution in [3.63, 3.8) is 0 Å². The van der Waals surface area contributed by atoms with Crippen molar-refractivity contribution in [1.82, 2.24) is 0 Å². The first-order valence-electron chi connectivity index (χ1n) is 4.58. The normalized spacial score (nSPS) is 11.7. The molecular weight excluding hydrogens is 323 g/mol. The molecule has 0 fully saturated rings. The Morgan fingerprint density at radius 3 is 1.94 bits per heavy atom. The highest BCUT2D eigenvalue weighted by Gasteiger charge is 2.11. The molecule has 1 atom stereocenters. The van der Waals surface area contributed by atoms with Gasteiger partial charge in [0.1, 0.15) is 4.11 Å². The maximum absolute atomic E-state index is 11.5. The van der Waals surface area contributed by atoms with E-state index >= 15 is 0 Å². The van der Waals surface area contributed by atoms with Crippen molar-refractivity contribution in [3.05, 3.63) is 35.4 Å². The molecule has 16 heavy (non-hydrogen) atoms. The molecule has 86 valence electrons. The zero-order chi connectivity index (χ0) is 12.1. The standard InChI is InChI=1S/C11H11IO4/c1-7(12)16-11(14)9-5-3-8(4-6-9)10(13)15-2/h3-7H,1-2H3. The van der Waals surface area contributed by atoms with E-state index in [2.05, 4.69) is 4.74 Å². The Balaban J connectivity index is 2.78. The molecule has 1 unspecified atom stereocenters. The van der Waals surface area contributed by atoms with Crippen LogP contribution in [0.25, 0.3) is 0 Å². The zero-order valence-electron chi connectivity index (χ0n) is 8.90. The zero-order valence-corrected chi connectivity index (χ0v) is 11.1. The van der Waals surface area contributed by atoms with Gasteiger partial charge in [-0.05, 0) is 53.8 Å². The second kappa shape index (κ2) is 5.83. The van der Waals surface area contributed by atoms with E-state index in [1.165, 1.54) is 31.4 Å². The maximum Gasteiger partial charge on any atom is 0.339 e. The minimum Gasteiger partial charge on any atom is -0.465 e. The van der Waals surface area contributed by atoms with Crippen molar-refractivity contribution in [2.45, 2.75) is 11.0 Å². The Labute approximate surface area is 107 Å². The molecule has 0 saturated carbocycles. The molecule has 0 aliphatic rings. The summed E-state index contributed by atoms with van der Waals surface area (Å²) in [6.45, 7) is 1.77. The highest BCUT2D eigenvalue weighted by molar-refractivity contribution is 14.1. The van der Waals surface area contributed by atoms with Crippen LogP contribution in [0.4, 0.5) is 0 Å². The Kier molecular flexibility index (Phi) is 4.72. The monoisotopic (exact) mass is 334 g/mol. The van der Waals surface area contributed by atoms with Crippen LogP contribution in [0.15, 0.2) is 24.3 Å². The highest BCUT2D eigenvalue weighted by Crippen LogP contribution is 2.10. The summed E-state index contributed by atoms with van der Waals surface area (Å²) in [5, 5.41) is 0. The van der Waals surface area contributed by atoms with Crippen LogP contribution in [0.1, 0.15) is 27.6 Å². The van der Waals surface area contributed by atoms with Crippen LogP contribution in [0, 0.1) is 0 Å². The quantitative estimate of drug-likeness (QED) is 0.484. The number of ether oxygens (including phenoxy) is 2. The number of methoxy groups -OCH3 is 1. The minimum absolute atomic E-state index is 0.189. The number of carbonyl (C=O) groups is 2. The van der Waals surface area contributed by atoms with Gasteiger partial charge < -0.3 is 9.47 Å². The second-order valence-electron chi connectivity index (χ2n) is 3.02. The minimum atomic E-state index is -0.429. The van der Waals surface area contributed by atoms with Crippen LogP contribution in [-0.4, -0.2) is 23.2 Å². The molecule has 0 heterocycles. The van der Waals surface area contributed by atoms with Gasteiger partial charge >= 0.3 is 11.9 Å². The lowest BCUT2D eigenvalue weighted by atomic mass is 10.1. The molecule has 0 radical (unpaired) electrons. The van der Waals surface area contributed by atoms with E-state index < -0.39 is 11.9 Å². The van der Waals surface area contributed by atoms with E-state index in [9.17, 15) is 9.59 Å². The topological polar surface area (TPSA) is 52.6 Å². The Morgan fingerprint density at radius 2 is 1.56 bits per heavy atom. The SMILES string of the molecule is COC(=O)c1ccc(C(=O)OC(C)I)cc1. The molecule has 4 nitrogen and oxygen atoms in total. The van der Waals surface area contributed by atoms with Crippen LogP contribution in [0.5, 0.6) is 0 Å². The van der Waals surface area contributed by atoms with Gasteiger partial charge in [-0.1, -0.05) is 0 Å². The molecule has 1 rings (SSSR count). The van der Waals surface area contributed by atoms with E-state index in [1.54, 1.807) is 6.92 Å². The number of hydrogen-bond acceptors (Lipinski definition) is 4. The summed E-state index contributed by atoms with van der Waals surface area (Å²) in [6, 6.07) is 6.13. The second-order valence-corrected chi connectivity index (χ2v) is 4.77. The van der Waals surface area contributed by atoms with Crippen molar-refractivity contribution in [1.29, 1.82) is 0 Å². The third-order valence-corrected chi connectivity index (χ3v) is 2.07. The summed E-state index contributed by atoms with van der Waals surface area (Å²) < 4.78 is 9.35. The summed E-state index contributed by atoms with van der Waals surface area (Å²) in [6.07, 6.45) is 0. The first-order chi connectivity index (χ1) is 7.54. The van der Waals surface area contributed by atoms with E-state index in [-0.39, 0.29) is 4.11 Å². The molecule has 0 aromatic heterocycles.